The summed E-state index contributed by atoms with van der Waals surface area (Å²) in [5.41, 5.74) is 8.43. The average Bonchev–Trinajstić information content (AvgIpc) is 3.41. The van der Waals surface area contributed by atoms with Gasteiger partial charge in [0.1, 0.15) is 17.2 Å². The van der Waals surface area contributed by atoms with Gasteiger partial charge in [-0.2, -0.15) is 0 Å². The van der Waals surface area contributed by atoms with Crippen molar-refractivity contribution in [2.24, 2.45) is 16.6 Å². The van der Waals surface area contributed by atoms with Gasteiger partial charge in [-0.05, 0) is 37.1 Å². The Bertz CT molecular complexity index is 998. The lowest BCUT2D eigenvalue weighted by atomic mass is 10.2. The van der Waals surface area contributed by atoms with Crippen LogP contribution in [0.25, 0.3) is 16.7 Å². The highest BCUT2D eigenvalue weighted by atomic mass is 16.1. The Hall–Kier alpha value is -3.35. The number of hydrogen-bond acceptors (Lipinski definition) is 4. The fourth-order valence-corrected chi connectivity index (χ4v) is 2.64. The molecule has 1 aliphatic rings. The molecule has 7 heteroatoms. The van der Waals surface area contributed by atoms with Gasteiger partial charge in [0.2, 0.25) is 0 Å². The molecule has 0 saturated heterocycles. The summed E-state index contributed by atoms with van der Waals surface area (Å²) >= 11 is 0. The van der Waals surface area contributed by atoms with Gasteiger partial charge in [-0.1, -0.05) is 0 Å². The van der Waals surface area contributed by atoms with Gasteiger partial charge >= 0.3 is 0 Å². The second-order valence-electron chi connectivity index (χ2n) is 6.05. The fraction of sp³-hybridized carbons (Fsp3) is 0.167. The molecule has 7 nitrogen and oxygen atoms in total. The Labute approximate surface area is 143 Å². The average molecular weight is 332 g/mol. The van der Waals surface area contributed by atoms with Gasteiger partial charge in [-0.25, -0.2) is 9.98 Å². The van der Waals surface area contributed by atoms with Crippen LogP contribution in [-0.4, -0.2) is 32.5 Å². The topological polar surface area (TPSA) is 110 Å². The molecule has 3 heterocycles. The van der Waals surface area contributed by atoms with Crippen LogP contribution in [0.5, 0.6) is 0 Å². The first-order valence-electron chi connectivity index (χ1n) is 7.97. The molecule has 3 aromatic rings. The van der Waals surface area contributed by atoms with Crippen molar-refractivity contribution in [1.82, 2.24) is 14.5 Å². The second-order valence-corrected chi connectivity index (χ2v) is 6.05. The number of aliphatic imine (C=N–C) groups is 1. The molecular formula is C18H16N6O. The largest absolute Gasteiger partial charge is 0.387 e. The molecule has 4 rings (SSSR count). The maximum atomic E-state index is 10.9. The first-order valence-corrected chi connectivity index (χ1v) is 7.97. The third-order valence-corrected chi connectivity index (χ3v) is 4.19. The normalized spacial score (nSPS) is 14.6. The number of fused-ring (bicyclic) bond motifs is 1. The monoisotopic (exact) mass is 332 g/mol. The molecule has 0 atom stereocenters. The summed E-state index contributed by atoms with van der Waals surface area (Å²) < 4.78 is 1.88. The van der Waals surface area contributed by atoms with Gasteiger partial charge in [0.15, 0.2) is 12.1 Å². The summed E-state index contributed by atoms with van der Waals surface area (Å²) in [6, 6.07) is 7.28. The highest BCUT2D eigenvalue weighted by Gasteiger charge is 2.25. The van der Waals surface area contributed by atoms with E-state index >= 15 is 0 Å². The maximum Gasteiger partial charge on any atom is 0.172 e. The van der Waals surface area contributed by atoms with Crippen molar-refractivity contribution < 1.29 is 4.79 Å². The zero-order valence-corrected chi connectivity index (χ0v) is 13.4. The van der Waals surface area contributed by atoms with E-state index in [4.69, 9.17) is 11.1 Å². The van der Waals surface area contributed by atoms with Crippen LogP contribution in [0.1, 0.15) is 28.9 Å². The summed E-state index contributed by atoms with van der Waals surface area (Å²) in [6.07, 6.45) is 7.96. The molecule has 0 radical (unpaired) electrons. The van der Waals surface area contributed by atoms with E-state index in [2.05, 4.69) is 15.0 Å². The molecule has 25 heavy (non-hydrogen) atoms. The van der Waals surface area contributed by atoms with Crippen molar-refractivity contribution >= 4 is 29.0 Å². The number of rotatable bonds is 4. The van der Waals surface area contributed by atoms with E-state index in [1.54, 1.807) is 24.5 Å². The third kappa shape index (κ3) is 2.91. The number of pyridine rings is 2. The molecule has 1 saturated carbocycles. The molecule has 0 aliphatic heterocycles. The van der Waals surface area contributed by atoms with Crippen molar-refractivity contribution in [1.29, 1.82) is 5.41 Å². The van der Waals surface area contributed by atoms with Gasteiger partial charge < -0.3 is 5.73 Å². The number of hydrogen-bond donors (Lipinski definition) is 2. The van der Waals surface area contributed by atoms with E-state index in [-0.39, 0.29) is 5.84 Å². The van der Waals surface area contributed by atoms with E-state index in [9.17, 15) is 4.79 Å². The van der Waals surface area contributed by atoms with Crippen molar-refractivity contribution in [3.8, 4) is 5.69 Å². The van der Waals surface area contributed by atoms with Crippen LogP contribution < -0.4 is 5.73 Å². The Morgan fingerprint density at radius 2 is 2.12 bits per heavy atom. The lowest BCUT2D eigenvalue weighted by Crippen LogP contribution is -2.16. The summed E-state index contributed by atoms with van der Waals surface area (Å²) in [5.74, 6) is 0.915. The number of nitrogens with one attached hydrogen (secondary N) is 1. The minimum Gasteiger partial charge on any atom is -0.387 e. The van der Waals surface area contributed by atoms with Crippen molar-refractivity contribution in [3.63, 3.8) is 0 Å². The minimum absolute atomic E-state index is 0.0714. The van der Waals surface area contributed by atoms with Crippen LogP contribution in [0.3, 0.4) is 0 Å². The molecule has 0 amide bonds. The van der Waals surface area contributed by atoms with Crippen molar-refractivity contribution in [2.75, 3.05) is 0 Å². The first-order chi connectivity index (χ1) is 12.2. The Morgan fingerprint density at radius 1 is 1.28 bits per heavy atom. The number of amidine groups is 2. The zero-order chi connectivity index (χ0) is 17.4. The van der Waals surface area contributed by atoms with E-state index in [1.165, 1.54) is 0 Å². The van der Waals surface area contributed by atoms with Gasteiger partial charge in [-0.3, -0.25) is 19.8 Å². The van der Waals surface area contributed by atoms with Gasteiger partial charge in [-0.15, -0.1) is 0 Å². The van der Waals surface area contributed by atoms with Crippen LogP contribution in [0.4, 0.5) is 0 Å². The molecule has 0 bridgehead atoms. The molecule has 1 fully saturated rings. The lowest BCUT2D eigenvalue weighted by Gasteiger charge is -2.06. The van der Waals surface area contributed by atoms with Crippen LogP contribution in [0, 0.1) is 11.3 Å². The number of aldehydes is 1. The molecule has 3 aromatic heterocycles. The summed E-state index contributed by atoms with van der Waals surface area (Å²) in [4.78, 5) is 23.6. The number of carbonyl (C=O) groups excluding carboxylic acids is 1. The predicted octanol–water partition coefficient (Wildman–Crippen LogP) is 2.33. The quantitative estimate of drug-likeness (QED) is 0.434. The zero-order valence-electron chi connectivity index (χ0n) is 13.4. The SMILES string of the molecule is N=C(N=C(N)C1CC1)c1ccc(-n2ccc3cc(C=O)cnc32)cn1. The molecule has 0 spiro atoms. The molecular weight excluding hydrogens is 316 g/mol. The molecule has 0 unspecified atom stereocenters. The predicted molar refractivity (Wildman–Crippen MR) is 95.4 cm³/mol. The highest BCUT2D eigenvalue weighted by Crippen LogP contribution is 2.29. The Balaban J connectivity index is 1.63. The molecule has 124 valence electrons. The van der Waals surface area contributed by atoms with E-state index in [0.29, 0.717) is 23.0 Å². The smallest absolute Gasteiger partial charge is 0.172 e. The first kappa shape index (κ1) is 15.2. The maximum absolute atomic E-state index is 10.9. The number of nitrogens with zero attached hydrogens (tertiary/aromatic N) is 4. The summed E-state index contributed by atoms with van der Waals surface area (Å²) in [5, 5.41) is 8.90. The second kappa shape index (κ2) is 5.94. The highest BCUT2D eigenvalue weighted by molar-refractivity contribution is 6.04. The van der Waals surface area contributed by atoms with Gasteiger partial charge in [0, 0.05) is 29.3 Å². The summed E-state index contributed by atoms with van der Waals surface area (Å²) in [7, 11) is 0. The molecule has 1 aliphatic carbocycles. The van der Waals surface area contributed by atoms with E-state index in [1.807, 2.05) is 22.9 Å². The standard InChI is InChI=1S/C18H16N6O/c19-16(12-1-2-12)23-17(20)15-4-3-14(9-21-15)24-6-5-13-7-11(10-25)8-22-18(13)24/h3-10,12H,1-2H2,(H3,19,20,23). The fourth-order valence-electron chi connectivity index (χ4n) is 2.64. The number of nitrogens with two attached hydrogens (primary N) is 1. The number of carbonyl (C=O) groups is 1. The summed E-state index contributed by atoms with van der Waals surface area (Å²) in [6.45, 7) is 0. The third-order valence-electron chi connectivity index (χ3n) is 4.19. The van der Waals surface area contributed by atoms with Crippen molar-refractivity contribution in [3.05, 3.63) is 54.1 Å². The Morgan fingerprint density at radius 3 is 2.80 bits per heavy atom. The van der Waals surface area contributed by atoms with Gasteiger partial charge in [0.25, 0.3) is 0 Å². The van der Waals surface area contributed by atoms with Crippen LogP contribution in [0.15, 0.2) is 47.8 Å². The van der Waals surface area contributed by atoms with E-state index in [0.717, 1.165) is 35.8 Å². The van der Waals surface area contributed by atoms with Crippen LogP contribution in [-0.2, 0) is 0 Å². The van der Waals surface area contributed by atoms with Gasteiger partial charge in [0.05, 0.1) is 11.9 Å². The van der Waals surface area contributed by atoms with Crippen molar-refractivity contribution in [2.45, 2.75) is 12.8 Å². The Kier molecular flexibility index (Phi) is 3.61. The van der Waals surface area contributed by atoms with Crippen LogP contribution in [0.2, 0.25) is 0 Å². The van der Waals surface area contributed by atoms with Crippen LogP contribution >= 0.6 is 0 Å². The number of aromatic nitrogens is 3. The molecule has 3 N–H and O–H groups in total. The minimum atomic E-state index is 0.0714. The lowest BCUT2D eigenvalue weighted by molar-refractivity contribution is 0.112. The molecule has 0 aromatic carbocycles. The van der Waals surface area contributed by atoms with E-state index < -0.39 is 0 Å².